The van der Waals surface area contributed by atoms with E-state index < -0.39 is 9.84 Å². The number of hydrogen-bond acceptors (Lipinski definition) is 5. The van der Waals surface area contributed by atoms with Crippen molar-refractivity contribution in [3.63, 3.8) is 0 Å². The Balaban J connectivity index is 1.63. The monoisotopic (exact) mass is 320 g/mol. The highest BCUT2D eigenvalue weighted by Crippen LogP contribution is 2.24. The van der Waals surface area contributed by atoms with Crippen LogP contribution >= 0.6 is 0 Å². The van der Waals surface area contributed by atoms with E-state index in [9.17, 15) is 8.42 Å². The Morgan fingerprint density at radius 2 is 1.95 bits per heavy atom. The minimum Gasteiger partial charge on any atom is -0.254 e. The van der Waals surface area contributed by atoms with Gasteiger partial charge in [-0.25, -0.2) is 8.42 Å². The molecule has 2 aromatic rings. The van der Waals surface area contributed by atoms with Crippen molar-refractivity contribution in [1.29, 1.82) is 0 Å². The topological polar surface area (TPSA) is 77.7 Å². The largest absolute Gasteiger partial charge is 0.254 e. The van der Waals surface area contributed by atoms with Gasteiger partial charge in [0.2, 0.25) is 0 Å². The van der Waals surface area contributed by atoms with Crippen LogP contribution in [0.4, 0.5) is 0 Å². The maximum absolute atomic E-state index is 12.4. The van der Waals surface area contributed by atoms with E-state index in [-0.39, 0.29) is 11.0 Å². The molecule has 1 aliphatic rings. The summed E-state index contributed by atoms with van der Waals surface area (Å²) < 4.78 is 26.3. The molecule has 0 unspecified atom stereocenters. The van der Waals surface area contributed by atoms with E-state index in [1.54, 1.807) is 17.1 Å². The first kappa shape index (κ1) is 15.1. The summed E-state index contributed by atoms with van der Waals surface area (Å²) >= 11 is 0. The van der Waals surface area contributed by atoms with Crippen molar-refractivity contribution in [3.8, 4) is 11.4 Å². The van der Waals surface area contributed by atoms with Gasteiger partial charge in [-0.05, 0) is 25.0 Å². The second-order valence-corrected chi connectivity index (χ2v) is 8.11. The molecule has 0 N–H and O–H groups in total. The molecule has 118 valence electrons. The number of rotatable bonds is 5. The molecule has 0 radical (unpaired) electrons. The predicted molar refractivity (Wildman–Crippen MR) is 83.9 cm³/mol. The number of hydrogen-bond donors (Lipinski definition) is 0. The third kappa shape index (κ3) is 3.52. The van der Waals surface area contributed by atoms with Crippen molar-refractivity contribution in [1.82, 2.24) is 20.0 Å². The molecule has 2 aromatic heterocycles. The molecule has 0 aromatic carbocycles. The fourth-order valence-electron chi connectivity index (χ4n) is 2.85. The van der Waals surface area contributed by atoms with Crippen LogP contribution in [0, 0.1) is 0 Å². The molecular weight excluding hydrogens is 300 g/mol. The highest BCUT2D eigenvalue weighted by atomic mass is 32.2. The Morgan fingerprint density at radius 3 is 2.68 bits per heavy atom. The lowest BCUT2D eigenvalue weighted by molar-refractivity contribution is 0.480. The molecule has 0 amide bonds. The number of nitrogens with zero attached hydrogens (tertiary/aromatic N) is 4. The first-order valence-electron chi connectivity index (χ1n) is 7.68. The number of pyridine rings is 1. The van der Waals surface area contributed by atoms with Crippen molar-refractivity contribution in [2.24, 2.45) is 0 Å². The van der Waals surface area contributed by atoms with Gasteiger partial charge in [0.1, 0.15) is 5.69 Å². The molecule has 0 atom stereocenters. The fraction of sp³-hybridized carbons (Fsp3) is 0.533. The summed E-state index contributed by atoms with van der Waals surface area (Å²) in [7, 11) is -3.04. The summed E-state index contributed by atoms with van der Waals surface area (Å²) in [4.78, 5) is 4.21. The van der Waals surface area contributed by atoms with E-state index in [1.807, 2.05) is 18.2 Å². The van der Waals surface area contributed by atoms with Gasteiger partial charge >= 0.3 is 0 Å². The molecule has 7 heteroatoms. The molecular formula is C15H20N4O2S. The lowest BCUT2D eigenvalue weighted by atomic mass is 10.0. The average molecular weight is 320 g/mol. The van der Waals surface area contributed by atoms with E-state index in [1.165, 1.54) is 0 Å². The lowest BCUT2D eigenvalue weighted by Crippen LogP contribution is -2.28. The van der Waals surface area contributed by atoms with E-state index in [4.69, 9.17) is 0 Å². The zero-order valence-electron chi connectivity index (χ0n) is 12.4. The molecule has 3 rings (SSSR count). The SMILES string of the molecule is O=S(=O)(CCn1cc(-c2ccccn2)nn1)C1CCCCC1. The van der Waals surface area contributed by atoms with Crippen LogP contribution < -0.4 is 0 Å². The van der Waals surface area contributed by atoms with Gasteiger partial charge in [-0.15, -0.1) is 5.10 Å². The summed E-state index contributed by atoms with van der Waals surface area (Å²) in [6.07, 6.45) is 8.26. The van der Waals surface area contributed by atoms with Gasteiger partial charge in [-0.2, -0.15) is 0 Å². The lowest BCUT2D eigenvalue weighted by Gasteiger charge is -2.21. The highest BCUT2D eigenvalue weighted by molar-refractivity contribution is 7.92. The van der Waals surface area contributed by atoms with E-state index in [2.05, 4.69) is 15.3 Å². The van der Waals surface area contributed by atoms with Crippen LogP contribution in [0.15, 0.2) is 30.6 Å². The summed E-state index contributed by atoms with van der Waals surface area (Å²) in [5, 5.41) is 7.89. The van der Waals surface area contributed by atoms with Gasteiger partial charge in [0, 0.05) is 6.20 Å². The van der Waals surface area contributed by atoms with Crippen molar-refractivity contribution in [2.45, 2.75) is 43.9 Å². The molecule has 1 saturated carbocycles. The zero-order chi connectivity index (χ0) is 15.4. The first-order valence-corrected chi connectivity index (χ1v) is 9.40. The quantitative estimate of drug-likeness (QED) is 0.843. The summed E-state index contributed by atoms with van der Waals surface area (Å²) in [5.74, 6) is 0.128. The van der Waals surface area contributed by atoms with Crippen LogP contribution in [0.5, 0.6) is 0 Å². The van der Waals surface area contributed by atoms with Crippen LogP contribution in [0.25, 0.3) is 11.4 Å². The molecule has 0 aliphatic heterocycles. The van der Waals surface area contributed by atoms with Crippen LogP contribution in [-0.2, 0) is 16.4 Å². The number of sulfone groups is 1. The third-order valence-electron chi connectivity index (χ3n) is 4.13. The van der Waals surface area contributed by atoms with Gasteiger partial charge in [-0.3, -0.25) is 9.67 Å². The Bertz CT molecular complexity index is 706. The summed E-state index contributed by atoms with van der Waals surface area (Å²) in [6.45, 7) is 0.346. The highest BCUT2D eigenvalue weighted by Gasteiger charge is 2.26. The standard InChI is InChI=1S/C15H20N4O2S/c20-22(21,13-6-2-1-3-7-13)11-10-19-12-15(17-18-19)14-8-4-5-9-16-14/h4-5,8-9,12-13H,1-3,6-7,10-11H2. The summed E-state index contributed by atoms with van der Waals surface area (Å²) in [6, 6.07) is 5.58. The van der Waals surface area contributed by atoms with Gasteiger partial charge in [0.25, 0.3) is 0 Å². The number of aryl methyl sites for hydroxylation is 1. The maximum atomic E-state index is 12.4. The van der Waals surface area contributed by atoms with Gasteiger partial charge in [0.05, 0.1) is 29.4 Å². The minimum atomic E-state index is -3.04. The van der Waals surface area contributed by atoms with Crippen molar-refractivity contribution < 1.29 is 8.42 Å². The van der Waals surface area contributed by atoms with Crippen LogP contribution in [0.3, 0.4) is 0 Å². The summed E-state index contributed by atoms with van der Waals surface area (Å²) in [5.41, 5.74) is 1.40. The molecule has 0 saturated heterocycles. The van der Waals surface area contributed by atoms with Crippen molar-refractivity contribution >= 4 is 9.84 Å². The first-order chi connectivity index (χ1) is 10.6. The van der Waals surface area contributed by atoms with Crippen LogP contribution in [0.1, 0.15) is 32.1 Å². The maximum Gasteiger partial charge on any atom is 0.154 e. The van der Waals surface area contributed by atoms with Crippen LogP contribution in [0.2, 0.25) is 0 Å². The molecule has 2 heterocycles. The molecule has 6 nitrogen and oxygen atoms in total. The second kappa shape index (κ2) is 6.56. The second-order valence-electron chi connectivity index (χ2n) is 5.71. The molecule has 22 heavy (non-hydrogen) atoms. The van der Waals surface area contributed by atoms with Crippen LogP contribution in [-0.4, -0.2) is 39.4 Å². The van der Waals surface area contributed by atoms with Gasteiger partial charge < -0.3 is 0 Å². The van der Waals surface area contributed by atoms with Gasteiger partial charge in [-0.1, -0.05) is 30.5 Å². The Kier molecular flexibility index (Phi) is 4.52. The Hall–Kier alpha value is -1.76. The van der Waals surface area contributed by atoms with Crippen molar-refractivity contribution in [3.05, 3.63) is 30.6 Å². The van der Waals surface area contributed by atoms with E-state index in [0.717, 1.165) is 37.8 Å². The molecule has 0 spiro atoms. The van der Waals surface area contributed by atoms with E-state index in [0.29, 0.717) is 12.2 Å². The minimum absolute atomic E-state index is 0.128. The molecule has 0 bridgehead atoms. The van der Waals surface area contributed by atoms with Gasteiger partial charge in [0.15, 0.2) is 9.84 Å². The van der Waals surface area contributed by atoms with Crippen molar-refractivity contribution in [2.75, 3.05) is 5.75 Å². The zero-order valence-corrected chi connectivity index (χ0v) is 13.2. The molecule has 1 fully saturated rings. The Labute approximate surface area is 130 Å². The third-order valence-corrected chi connectivity index (χ3v) is 6.37. The smallest absolute Gasteiger partial charge is 0.154 e. The number of aromatic nitrogens is 4. The van der Waals surface area contributed by atoms with E-state index >= 15 is 0 Å². The molecule has 1 aliphatic carbocycles. The normalized spacial score (nSPS) is 16.7. The fourth-order valence-corrected chi connectivity index (χ4v) is 4.68. The predicted octanol–water partition coefficient (Wildman–Crippen LogP) is 2.09. The average Bonchev–Trinajstić information content (AvgIpc) is 3.04. The Morgan fingerprint density at radius 1 is 1.14 bits per heavy atom.